The molecule has 1 N–H and O–H groups in total. The summed E-state index contributed by atoms with van der Waals surface area (Å²) in [5.41, 5.74) is 0.300. The lowest BCUT2D eigenvalue weighted by molar-refractivity contribution is -0.128. The van der Waals surface area contributed by atoms with Crippen LogP contribution in [0, 0.1) is 29.1 Å². The molecule has 0 spiro atoms. The van der Waals surface area contributed by atoms with Crippen molar-refractivity contribution in [3.8, 4) is 5.75 Å². The fourth-order valence-electron chi connectivity index (χ4n) is 7.20. The van der Waals surface area contributed by atoms with Gasteiger partial charge in [-0.1, -0.05) is 0 Å². The highest BCUT2D eigenvalue weighted by Gasteiger charge is 2.51. The van der Waals surface area contributed by atoms with Crippen molar-refractivity contribution in [3.05, 3.63) is 24.3 Å². The van der Waals surface area contributed by atoms with E-state index in [1.807, 2.05) is 0 Å². The number of carbonyl (C=O) groups is 1. The predicted octanol–water partition coefficient (Wildman–Crippen LogP) is 3.43. The molecule has 170 valence electrons. The van der Waals surface area contributed by atoms with Gasteiger partial charge in [0.25, 0.3) is 0 Å². The molecule has 0 aromatic heterocycles. The van der Waals surface area contributed by atoms with E-state index in [1.54, 1.807) is 31.4 Å². The maximum atomic E-state index is 13.1. The summed E-state index contributed by atoms with van der Waals surface area (Å²) in [5, 5.41) is 3.26. The third-order valence-corrected chi connectivity index (χ3v) is 10.1. The molecule has 1 saturated heterocycles. The number of methoxy groups -OCH3 is 1. The molecule has 4 aliphatic carbocycles. The van der Waals surface area contributed by atoms with Gasteiger partial charge in [0.2, 0.25) is 15.9 Å². The van der Waals surface area contributed by atoms with Crippen LogP contribution in [0.4, 0.5) is 0 Å². The Balaban J connectivity index is 1.21. The Bertz CT molecular complexity index is 892. The first-order valence-corrected chi connectivity index (χ1v) is 13.2. The quantitative estimate of drug-likeness (QED) is 0.726. The van der Waals surface area contributed by atoms with E-state index in [1.165, 1.54) is 42.8 Å². The summed E-state index contributed by atoms with van der Waals surface area (Å²) in [6, 6.07) is 6.47. The Hall–Kier alpha value is -1.60. The first kappa shape index (κ1) is 21.3. The minimum absolute atomic E-state index is 0.0328. The molecule has 1 aromatic carbocycles. The zero-order valence-electron chi connectivity index (χ0n) is 18.4. The van der Waals surface area contributed by atoms with Crippen molar-refractivity contribution in [2.24, 2.45) is 29.1 Å². The monoisotopic (exact) mass is 446 g/mol. The van der Waals surface area contributed by atoms with Crippen LogP contribution >= 0.6 is 0 Å². The molecule has 1 unspecified atom stereocenters. The van der Waals surface area contributed by atoms with E-state index >= 15 is 0 Å². The average molecular weight is 447 g/mol. The van der Waals surface area contributed by atoms with Gasteiger partial charge in [-0.3, -0.25) is 4.79 Å². The average Bonchev–Trinajstić information content (AvgIpc) is 2.77. The van der Waals surface area contributed by atoms with Gasteiger partial charge < -0.3 is 10.1 Å². The molecule has 0 radical (unpaired) electrons. The molecule has 1 atom stereocenters. The summed E-state index contributed by atoms with van der Waals surface area (Å²) in [4.78, 5) is 13.3. The maximum absolute atomic E-state index is 13.1. The van der Waals surface area contributed by atoms with Gasteiger partial charge in [-0.05, 0) is 98.8 Å². The van der Waals surface area contributed by atoms with Crippen LogP contribution in [0.2, 0.25) is 0 Å². The molecule has 5 fully saturated rings. The number of nitrogens with one attached hydrogen (secondary N) is 1. The normalized spacial score (nSPS) is 35.1. The lowest BCUT2D eigenvalue weighted by Gasteiger charge is -2.57. The Morgan fingerprint density at radius 2 is 1.71 bits per heavy atom. The Morgan fingerprint density at radius 1 is 1.10 bits per heavy atom. The molecular formula is C24H34N2O4S. The van der Waals surface area contributed by atoms with Crippen LogP contribution in [0.1, 0.15) is 51.4 Å². The van der Waals surface area contributed by atoms with E-state index in [4.69, 9.17) is 4.74 Å². The molecule has 1 aromatic rings. The van der Waals surface area contributed by atoms with Crippen molar-refractivity contribution >= 4 is 15.9 Å². The number of sulfonamides is 1. The number of carbonyl (C=O) groups excluding carboxylic acids is 1. The first-order valence-electron chi connectivity index (χ1n) is 11.8. The third kappa shape index (κ3) is 4.11. The van der Waals surface area contributed by atoms with Gasteiger partial charge in [0.1, 0.15) is 5.75 Å². The number of benzene rings is 1. The summed E-state index contributed by atoms with van der Waals surface area (Å²) in [6.07, 6.45) is 9.45. The summed E-state index contributed by atoms with van der Waals surface area (Å²) < 4.78 is 32.8. The first-order chi connectivity index (χ1) is 14.9. The van der Waals surface area contributed by atoms with Crippen LogP contribution in [-0.4, -0.2) is 45.4 Å². The highest BCUT2D eigenvalue weighted by atomic mass is 32.2. The Morgan fingerprint density at radius 3 is 2.29 bits per heavy atom. The molecule has 1 aliphatic heterocycles. The molecule has 1 amide bonds. The van der Waals surface area contributed by atoms with Crippen LogP contribution in [0.5, 0.6) is 5.75 Å². The van der Waals surface area contributed by atoms with Crippen LogP contribution in [0.15, 0.2) is 29.2 Å². The maximum Gasteiger partial charge on any atom is 0.243 e. The molecule has 7 heteroatoms. The van der Waals surface area contributed by atoms with E-state index in [2.05, 4.69) is 5.32 Å². The van der Waals surface area contributed by atoms with Crippen molar-refractivity contribution < 1.29 is 17.9 Å². The summed E-state index contributed by atoms with van der Waals surface area (Å²) in [6.45, 7) is 1.51. The zero-order valence-corrected chi connectivity index (χ0v) is 19.2. The highest BCUT2D eigenvalue weighted by Crippen LogP contribution is 2.59. The third-order valence-electron chi connectivity index (χ3n) is 8.25. The smallest absolute Gasteiger partial charge is 0.243 e. The molecule has 6 nitrogen and oxygen atoms in total. The lowest BCUT2D eigenvalue weighted by atomic mass is 9.49. The van der Waals surface area contributed by atoms with Gasteiger partial charge in [0.15, 0.2) is 0 Å². The molecule has 4 saturated carbocycles. The largest absolute Gasteiger partial charge is 0.497 e. The zero-order chi connectivity index (χ0) is 21.6. The van der Waals surface area contributed by atoms with E-state index in [0.717, 1.165) is 30.7 Å². The fourth-order valence-corrected chi connectivity index (χ4v) is 8.72. The molecule has 5 aliphatic rings. The SMILES string of the molecule is COc1ccc(S(=O)(=O)N2CCCC(C(=O)NCC34CC5CC(CC(C5)C3)C4)C2)cc1. The van der Waals surface area contributed by atoms with Crippen molar-refractivity contribution in [1.82, 2.24) is 9.62 Å². The number of nitrogens with zero attached hydrogens (tertiary/aromatic N) is 1. The summed E-state index contributed by atoms with van der Waals surface area (Å²) >= 11 is 0. The Kier molecular flexibility index (Phi) is 5.53. The van der Waals surface area contributed by atoms with Gasteiger partial charge in [0.05, 0.1) is 17.9 Å². The molecule has 6 rings (SSSR count). The second-order valence-electron chi connectivity index (χ2n) is 10.5. The molecule has 4 bridgehead atoms. The van der Waals surface area contributed by atoms with Crippen molar-refractivity contribution in [1.29, 1.82) is 0 Å². The van der Waals surface area contributed by atoms with Crippen LogP contribution in [-0.2, 0) is 14.8 Å². The molecule has 31 heavy (non-hydrogen) atoms. The second-order valence-corrected chi connectivity index (χ2v) is 12.5. The topological polar surface area (TPSA) is 75.7 Å². The minimum atomic E-state index is -3.61. The predicted molar refractivity (Wildman–Crippen MR) is 118 cm³/mol. The van der Waals surface area contributed by atoms with Gasteiger partial charge in [-0.2, -0.15) is 4.31 Å². The Labute approximate surface area is 185 Å². The van der Waals surface area contributed by atoms with Crippen LogP contribution in [0.3, 0.4) is 0 Å². The molecular weight excluding hydrogens is 412 g/mol. The van der Waals surface area contributed by atoms with E-state index in [9.17, 15) is 13.2 Å². The molecule has 1 heterocycles. The number of rotatable bonds is 6. The standard InChI is InChI=1S/C24H34N2O4S/c1-30-21-4-6-22(7-5-21)31(28,29)26-8-2-3-20(15-26)23(27)25-16-24-12-17-9-18(13-24)11-19(10-17)14-24/h4-7,17-20H,2-3,8-16H2,1H3,(H,25,27). The lowest BCUT2D eigenvalue weighted by Crippen LogP contribution is -2.52. The van der Waals surface area contributed by atoms with Gasteiger partial charge in [-0.15, -0.1) is 0 Å². The summed E-state index contributed by atoms with van der Waals surface area (Å²) in [5.74, 6) is 2.98. The number of hydrogen-bond acceptors (Lipinski definition) is 4. The van der Waals surface area contributed by atoms with Gasteiger partial charge in [0, 0.05) is 19.6 Å². The second kappa shape index (κ2) is 8.07. The number of amides is 1. The van der Waals surface area contributed by atoms with Crippen LogP contribution < -0.4 is 10.1 Å². The number of hydrogen-bond donors (Lipinski definition) is 1. The van der Waals surface area contributed by atoms with Crippen LogP contribution in [0.25, 0.3) is 0 Å². The van der Waals surface area contributed by atoms with Gasteiger partial charge >= 0.3 is 0 Å². The van der Waals surface area contributed by atoms with Crippen molar-refractivity contribution in [2.45, 2.75) is 56.3 Å². The van der Waals surface area contributed by atoms with Crippen molar-refractivity contribution in [2.75, 3.05) is 26.7 Å². The van der Waals surface area contributed by atoms with E-state index in [-0.39, 0.29) is 23.3 Å². The summed E-state index contributed by atoms with van der Waals surface area (Å²) in [7, 11) is -2.05. The number of piperidine rings is 1. The number of ether oxygens (including phenoxy) is 1. The minimum Gasteiger partial charge on any atom is -0.497 e. The fraction of sp³-hybridized carbons (Fsp3) is 0.708. The van der Waals surface area contributed by atoms with Gasteiger partial charge in [-0.25, -0.2) is 8.42 Å². The van der Waals surface area contributed by atoms with E-state index < -0.39 is 10.0 Å². The highest BCUT2D eigenvalue weighted by molar-refractivity contribution is 7.89. The van der Waals surface area contributed by atoms with Crippen molar-refractivity contribution in [3.63, 3.8) is 0 Å². The van der Waals surface area contributed by atoms with E-state index in [0.29, 0.717) is 24.1 Å².